The van der Waals surface area contributed by atoms with Crippen molar-refractivity contribution in [2.45, 2.75) is 12.6 Å². The van der Waals surface area contributed by atoms with E-state index in [0.29, 0.717) is 11.8 Å². The fourth-order valence-corrected chi connectivity index (χ4v) is 2.82. The third-order valence-corrected chi connectivity index (χ3v) is 3.79. The molecule has 5 heteroatoms. The van der Waals surface area contributed by atoms with Gasteiger partial charge in [-0.15, -0.1) is 0 Å². The first-order valence-electron chi connectivity index (χ1n) is 6.57. The molecule has 1 aliphatic heterocycles. The summed E-state index contributed by atoms with van der Waals surface area (Å²) in [7, 11) is 9.35. The van der Waals surface area contributed by atoms with E-state index in [1.807, 2.05) is 0 Å². The standard InChI is InChI=1S/C14H22N2O3/c1-16(2)11-8-15-7-10-9(11)6-12(17-3)14(19-5)13(10)18-4/h6,11,15H,7-8H2,1-5H3/p+2/t11-/m1/s1. The van der Waals surface area contributed by atoms with Gasteiger partial charge in [-0.3, -0.25) is 0 Å². The van der Waals surface area contributed by atoms with Crippen LogP contribution < -0.4 is 24.4 Å². The molecule has 0 saturated carbocycles. The van der Waals surface area contributed by atoms with E-state index in [1.165, 1.54) is 16.0 Å². The monoisotopic (exact) mass is 268 g/mol. The minimum Gasteiger partial charge on any atom is -0.493 e. The number of hydrogen-bond donors (Lipinski definition) is 2. The number of methoxy groups -OCH3 is 3. The van der Waals surface area contributed by atoms with E-state index >= 15 is 0 Å². The molecule has 1 heterocycles. The number of quaternary nitrogens is 2. The summed E-state index contributed by atoms with van der Waals surface area (Å²) < 4.78 is 16.5. The molecule has 3 N–H and O–H groups in total. The van der Waals surface area contributed by atoms with Gasteiger partial charge in [0.2, 0.25) is 5.75 Å². The second-order valence-electron chi connectivity index (χ2n) is 5.07. The van der Waals surface area contributed by atoms with Gasteiger partial charge in [-0.2, -0.15) is 0 Å². The first kappa shape index (κ1) is 14.0. The van der Waals surface area contributed by atoms with Crippen molar-refractivity contribution in [1.29, 1.82) is 0 Å². The highest BCUT2D eigenvalue weighted by molar-refractivity contribution is 5.59. The topological polar surface area (TPSA) is 48.7 Å². The summed E-state index contributed by atoms with van der Waals surface area (Å²) in [5, 5.41) is 2.31. The Labute approximate surface area is 114 Å². The van der Waals surface area contributed by atoms with Gasteiger partial charge in [-0.1, -0.05) is 0 Å². The zero-order valence-electron chi connectivity index (χ0n) is 12.4. The first-order valence-corrected chi connectivity index (χ1v) is 6.57. The molecule has 0 spiro atoms. The normalized spacial score (nSPS) is 18.1. The summed E-state index contributed by atoms with van der Waals surface area (Å²) in [5.41, 5.74) is 2.52. The molecular formula is C14H24N2O3+2. The van der Waals surface area contributed by atoms with Crippen LogP contribution in [0.1, 0.15) is 17.2 Å². The van der Waals surface area contributed by atoms with Crippen molar-refractivity contribution in [2.75, 3.05) is 42.0 Å². The Kier molecular flexibility index (Phi) is 4.17. The molecule has 0 fully saturated rings. The third kappa shape index (κ3) is 2.35. The largest absolute Gasteiger partial charge is 0.493 e. The molecule has 0 unspecified atom stereocenters. The van der Waals surface area contributed by atoms with Crippen molar-refractivity contribution in [3.63, 3.8) is 0 Å². The van der Waals surface area contributed by atoms with Gasteiger partial charge in [0.1, 0.15) is 13.1 Å². The molecule has 0 aromatic heterocycles. The summed E-state index contributed by atoms with van der Waals surface area (Å²) in [4.78, 5) is 1.41. The quantitative estimate of drug-likeness (QED) is 0.734. The second kappa shape index (κ2) is 5.67. The minimum absolute atomic E-state index is 0.442. The number of nitrogens with two attached hydrogens (primary N) is 1. The predicted octanol–water partition coefficient (Wildman–Crippen LogP) is -1.02. The molecule has 2 rings (SSSR count). The lowest BCUT2D eigenvalue weighted by Crippen LogP contribution is -3.10. The fraction of sp³-hybridized carbons (Fsp3) is 0.571. The number of benzene rings is 1. The molecule has 0 amide bonds. The Morgan fingerprint density at radius 1 is 1.11 bits per heavy atom. The summed E-state index contributed by atoms with van der Waals surface area (Å²) in [5.74, 6) is 2.23. The molecular weight excluding hydrogens is 244 g/mol. The van der Waals surface area contributed by atoms with Gasteiger partial charge in [-0.05, 0) is 6.07 Å². The molecule has 0 bridgehead atoms. The Balaban J connectivity index is 2.63. The highest BCUT2D eigenvalue weighted by Crippen LogP contribution is 2.43. The van der Waals surface area contributed by atoms with Crippen LogP contribution in [0.2, 0.25) is 0 Å². The van der Waals surface area contributed by atoms with Crippen LogP contribution in [0.5, 0.6) is 17.2 Å². The lowest BCUT2D eigenvalue weighted by Gasteiger charge is -2.28. The molecule has 5 nitrogen and oxygen atoms in total. The SMILES string of the molecule is COc1cc2c(c(OC)c1OC)C[NH2+]C[C@H]2[NH+](C)C. The van der Waals surface area contributed by atoms with Gasteiger partial charge in [-0.25, -0.2) is 0 Å². The van der Waals surface area contributed by atoms with Gasteiger partial charge in [0, 0.05) is 5.56 Å². The van der Waals surface area contributed by atoms with Crippen LogP contribution in [0.4, 0.5) is 0 Å². The van der Waals surface area contributed by atoms with Crippen LogP contribution in [-0.2, 0) is 6.54 Å². The summed E-state index contributed by atoms with van der Waals surface area (Å²) in [6.45, 7) is 2.00. The number of rotatable bonds is 4. The third-order valence-electron chi connectivity index (χ3n) is 3.79. The van der Waals surface area contributed by atoms with Crippen molar-refractivity contribution in [3.8, 4) is 17.2 Å². The van der Waals surface area contributed by atoms with Crippen molar-refractivity contribution < 1.29 is 24.4 Å². The smallest absolute Gasteiger partial charge is 0.203 e. The van der Waals surface area contributed by atoms with Crippen LogP contribution in [0.15, 0.2) is 6.07 Å². The minimum atomic E-state index is 0.442. The molecule has 19 heavy (non-hydrogen) atoms. The molecule has 1 aromatic carbocycles. The van der Waals surface area contributed by atoms with Crippen molar-refractivity contribution in [1.82, 2.24) is 0 Å². The Bertz CT molecular complexity index is 460. The predicted molar refractivity (Wildman–Crippen MR) is 72.1 cm³/mol. The van der Waals surface area contributed by atoms with E-state index < -0.39 is 0 Å². The van der Waals surface area contributed by atoms with E-state index in [9.17, 15) is 0 Å². The number of fused-ring (bicyclic) bond motifs is 1. The number of nitrogens with one attached hydrogen (secondary N) is 1. The van der Waals surface area contributed by atoms with Crippen molar-refractivity contribution in [2.24, 2.45) is 0 Å². The molecule has 0 aliphatic carbocycles. The number of likely N-dealkylation sites (N-methyl/N-ethyl adjacent to an activating group) is 1. The van der Waals surface area contributed by atoms with E-state index in [4.69, 9.17) is 14.2 Å². The zero-order chi connectivity index (χ0) is 14.0. The molecule has 0 saturated heterocycles. The average molecular weight is 268 g/mol. The molecule has 1 aromatic rings. The maximum absolute atomic E-state index is 5.57. The number of hydrogen-bond acceptors (Lipinski definition) is 3. The number of ether oxygens (including phenoxy) is 3. The summed E-state index contributed by atoms with van der Waals surface area (Å²) >= 11 is 0. The van der Waals surface area contributed by atoms with Gasteiger partial charge in [0.15, 0.2) is 17.5 Å². The molecule has 0 radical (unpaired) electrons. The second-order valence-corrected chi connectivity index (χ2v) is 5.07. The van der Waals surface area contributed by atoms with E-state index in [2.05, 4.69) is 25.5 Å². The van der Waals surface area contributed by atoms with E-state index in [1.54, 1.807) is 21.3 Å². The Hall–Kier alpha value is -1.46. The summed E-state index contributed by atoms with van der Waals surface area (Å²) in [6.07, 6.45) is 0. The Morgan fingerprint density at radius 3 is 2.32 bits per heavy atom. The van der Waals surface area contributed by atoms with Crippen LogP contribution >= 0.6 is 0 Å². The van der Waals surface area contributed by atoms with Gasteiger partial charge >= 0.3 is 0 Å². The highest BCUT2D eigenvalue weighted by Gasteiger charge is 2.33. The molecule has 106 valence electrons. The lowest BCUT2D eigenvalue weighted by molar-refractivity contribution is -0.912. The van der Waals surface area contributed by atoms with Crippen LogP contribution in [0.25, 0.3) is 0 Å². The Morgan fingerprint density at radius 2 is 1.79 bits per heavy atom. The van der Waals surface area contributed by atoms with Crippen LogP contribution in [0, 0.1) is 0 Å². The van der Waals surface area contributed by atoms with Crippen LogP contribution in [-0.4, -0.2) is 42.0 Å². The molecule has 1 aliphatic rings. The van der Waals surface area contributed by atoms with Gasteiger partial charge < -0.3 is 24.4 Å². The van der Waals surface area contributed by atoms with E-state index in [-0.39, 0.29) is 0 Å². The lowest BCUT2D eigenvalue weighted by atomic mass is 9.94. The maximum atomic E-state index is 5.57. The van der Waals surface area contributed by atoms with Gasteiger partial charge in [0.25, 0.3) is 0 Å². The average Bonchev–Trinajstić information content (AvgIpc) is 2.43. The zero-order valence-corrected chi connectivity index (χ0v) is 12.4. The van der Waals surface area contributed by atoms with Crippen molar-refractivity contribution in [3.05, 3.63) is 17.2 Å². The van der Waals surface area contributed by atoms with Gasteiger partial charge in [0.05, 0.1) is 41.0 Å². The maximum Gasteiger partial charge on any atom is 0.203 e. The van der Waals surface area contributed by atoms with E-state index in [0.717, 1.165) is 24.6 Å². The van der Waals surface area contributed by atoms with Crippen molar-refractivity contribution >= 4 is 0 Å². The fourth-order valence-electron chi connectivity index (χ4n) is 2.82. The highest BCUT2D eigenvalue weighted by atomic mass is 16.5. The summed E-state index contributed by atoms with van der Waals surface area (Å²) in [6, 6.07) is 2.54. The first-order chi connectivity index (χ1) is 9.13. The van der Waals surface area contributed by atoms with Crippen LogP contribution in [0.3, 0.4) is 0 Å². The molecule has 1 atom stereocenters.